The average Bonchev–Trinajstić information content (AvgIpc) is 2.75. The lowest BCUT2D eigenvalue weighted by Gasteiger charge is -2.56. The number of nitrogens with one attached hydrogen (secondary N) is 3. The molecule has 7 heteroatoms. The van der Waals surface area contributed by atoms with Gasteiger partial charge in [-0.05, 0) is 98.8 Å². The quantitative estimate of drug-likeness (QED) is 0.522. The molecule has 1 aromatic carbocycles. The van der Waals surface area contributed by atoms with E-state index in [9.17, 15) is 14.4 Å². The van der Waals surface area contributed by atoms with E-state index in [1.807, 2.05) is 20.8 Å². The molecule has 4 bridgehead atoms. The van der Waals surface area contributed by atoms with Gasteiger partial charge in [-0.1, -0.05) is 13.8 Å². The molecule has 4 fully saturated rings. The minimum Gasteiger partial charge on any atom is -0.494 e. The van der Waals surface area contributed by atoms with Crippen LogP contribution in [-0.2, 0) is 9.59 Å². The van der Waals surface area contributed by atoms with Gasteiger partial charge in [-0.2, -0.15) is 0 Å². The summed E-state index contributed by atoms with van der Waals surface area (Å²) in [5.41, 5.74) is 5.74. The van der Waals surface area contributed by atoms with Gasteiger partial charge in [0, 0.05) is 12.0 Å². The van der Waals surface area contributed by atoms with Crippen molar-refractivity contribution in [3.63, 3.8) is 0 Å². The minimum atomic E-state index is -0.760. The van der Waals surface area contributed by atoms with Crippen LogP contribution in [-0.4, -0.2) is 30.4 Å². The van der Waals surface area contributed by atoms with E-state index >= 15 is 0 Å². The molecule has 7 nitrogen and oxygen atoms in total. The predicted molar refractivity (Wildman–Crippen MR) is 125 cm³/mol. The smallest absolute Gasteiger partial charge is 0.261 e. The van der Waals surface area contributed by atoms with Crippen LogP contribution in [0, 0.1) is 29.1 Å². The Kier molecular flexibility index (Phi) is 6.96. The Balaban J connectivity index is 1.29. The summed E-state index contributed by atoms with van der Waals surface area (Å²) >= 11 is 0. The van der Waals surface area contributed by atoms with Gasteiger partial charge in [-0.25, -0.2) is 0 Å². The highest BCUT2D eigenvalue weighted by molar-refractivity contribution is 5.98. The number of hydrogen-bond acceptors (Lipinski definition) is 4. The van der Waals surface area contributed by atoms with Gasteiger partial charge < -0.3 is 10.1 Å². The topological polar surface area (TPSA) is 96.5 Å². The lowest BCUT2D eigenvalue weighted by Crippen LogP contribution is -2.55. The lowest BCUT2D eigenvalue weighted by atomic mass is 9.49. The summed E-state index contributed by atoms with van der Waals surface area (Å²) in [7, 11) is 0. The van der Waals surface area contributed by atoms with E-state index in [1.54, 1.807) is 24.3 Å². The molecule has 3 N–H and O–H groups in total. The number of carbonyl (C=O) groups is 3. The molecule has 0 saturated heterocycles. The fourth-order valence-corrected chi connectivity index (χ4v) is 6.73. The molecule has 4 aliphatic carbocycles. The van der Waals surface area contributed by atoms with Crippen LogP contribution in [0.25, 0.3) is 0 Å². The Bertz CT molecular complexity index is 845. The molecule has 180 valence electrons. The number of amides is 3. The summed E-state index contributed by atoms with van der Waals surface area (Å²) in [5, 5.41) is 2.79. The summed E-state index contributed by atoms with van der Waals surface area (Å²) in [4.78, 5) is 38.2. The van der Waals surface area contributed by atoms with Crippen molar-refractivity contribution >= 4 is 17.7 Å². The SMILES string of the molecule is CCOc1ccc(C(=O)NC(C(=O)NNC(=O)CC23CC4CC(CC(C4)C2)C3)C(C)C)cc1. The molecule has 1 atom stereocenters. The lowest BCUT2D eigenvalue weighted by molar-refractivity contribution is -0.135. The van der Waals surface area contributed by atoms with E-state index in [0.29, 0.717) is 24.3 Å². The van der Waals surface area contributed by atoms with Crippen LogP contribution in [0.1, 0.15) is 76.1 Å². The molecule has 33 heavy (non-hydrogen) atoms. The van der Waals surface area contributed by atoms with Gasteiger partial charge in [0.2, 0.25) is 5.91 Å². The first-order valence-corrected chi connectivity index (χ1v) is 12.4. The Morgan fingerprint density at radius 3 is 2.06 bits per heavy atom. The predicted octanol–water partition coefficient (Wildman–Crippen LogP) is 3.59. The molecule has 0 heterocycles. The van der Waals surface area contributed by atoms with Crippen molar-refractivity contribution in [2.24, 2.45) is 29.1 Å². The Morgan fingerprint density at radius 1 is 0.970 bits per heavy atom. The maximum atomic E-state index is 12.8. The van der Waals surface area contributed by atoms with Gasteiger partial charge in [-0.3, -0.25) is 25.2 Å². The molecule has 3 amide bonds. The number of hydrazine groups is 1. The second-order valence-corrected chi connectivity index (χ2v) is 10.8. The van der Waals surface area contributed by atoms with Crippen molar-refractivity contribution in [2.45, 2.75) is 71.8 Å². The van der Waals surface area contributed by atoms with Crippen LogP contribution >= 0.6 is 0 Å². The van der Waals surface area contributed by atoms with Crippen molar-refractivity contribution in [3.05, 3.63) is 29.8 Å². The maximum Gasteiger partial charge on any atom is 0.261 e. The molecule has 0 spiro atoms. The molecular weight excluding hydrogens is 418 g/mol. The summed E-state index contributed by atoms with van der Waals surface area (Å²) in [5.74, 6) is 2.00. The van der Waals surface area contributed by atoms with E-state index < -0.39 is 11.9 Å². The van der Waals surface area contributed by atoms with Gasteiger partial charge in [0.05, 0.1) is 6.61 Å². The molecule has 0 aliphatic heterocycles. The van der Waals surface area contributed by atoms with Gasteiger partial charge in [0.25, 0.3) is 11.8 Å². The fraction of sp³-hybridized carbons (Fsp3) is 0.654. The number of carbonyl (C=O) groups excluding carboxylic acids is 3. The second-order valence-electron chi connectivity index (χ2n) is 10.8. The summed E-state index contributed by atoms with van der Waals surface area (Å²) in [6.07, 6.45) is 7.92. The molecule has 5 rings (SSSR count). The second kappa shape index (κ2) is 9.74. The number of rotatable bonds is 8. The van der Waals surface area contributed by atoms with Crippen LogP contribution < -0.4 is 20.9 Å². The molecule has 0 aromatic heterocycles. The molecule has 1 unspecified atom stereocenters. The van der Waals surface area contributed by atoms with Crippen LogP contribution in [0.15, 0.2) is 24.3 Å². The largest absolute Gasteiger partial charge is 0.494 e. The van der Waals surface area contributed by atoms with E-state index in [1.165, 1.54) is 19.3 Å². The van der Waals surface area contributed by atoms with E-state index in [2.05, 4.69) is 16.2 Å². The normalized spacial score (nSPS) is 28.3. The zero-order valence-electron chi connectivity index (χ0n) is 20.0. The third kappa shape index (κ3) is 5.50. The molecule has 4 saturated carbocycles. The van der Waals surface area contributed by atoms with Gasteiger partial charge in [-0.15, -0.1) is 0 Å². The summed E-state index contributed by atoms with van der Waals surface area (Å²) in [6.45, 7) is 6.17. The minimum absolute atomic E-state index is 0.114. The van der Waals surface area contributed by atoms with Gasteiger partial charge in [0.1, 0.15) is 11.8 Å². The highest BCUT2D eigenvalue weighted by Crippen LogP contribution is 2.61. The Hall–Kier alpha value is -2.57. The average molecular weight is 456 g/mol. The number of benzene rings is 1. The maximum absolute atomic E-state index is 12.8. The Morgan fingerprint density at radius 2 is 1.55 bits per heavy atom. The molecule has 0 radical (unpaired) electrons. The van der Waals surface area contributed by atoms with E-state index in [4.69, 9.17) is 4.74 Å². The van der Waals surface area contributed by atoms with Crippen molar-refractivity contribution in [1.82, 2.24) is 16.2 Å². The van der Waals surface area contributed by atoms with Crippen molar-refractivity contribution < 1.29 is 19.1 Å². The zero-order valence-corrected chi connectivity index (χ0v) is 20.0. The first-order chi connectivity index (χ1) is 15.8. The van der Waals surface area contributed by atoms with E-state index in [0.717, 1.165) is 37.0 Å². The fourth-order valence-electron chi connectivity index (χ4n) is 6.73. The zero-order chi connectivity index (χ0) is 23.6. The van der Waals surface area contributed by atoms with Crippen LogP contribution in [0.3, 0.4) is 0 Å². The highest BCUT2D eigenvalue weighted by atomic mass is 16.5. The number of ether oxygens (including phenoxy) is 1. The van der Waals surface area contributed by atoms with Gasteiger partial charge >= 0.3 is 0 Å². The summed E-state index contributed by atoms with van der Waals surface area (Å²) in [6, 6.07) is 6.04. The van der Waals surface area contributed by atoms with Crippen molar-refractivity contribution in [3.8, 4) is 5.75 Å². The molecule has 4 aliphatic rings. The Labute approximate surface area is 196 Å². The molecular formula is C26H37N3O4. The number of hydrogen-bond donors (Lipinski definition) is 3. The van der Waals surface area contributed by atoms with Crippen LogP contribution in [0.4, 0.5) is 0 Å². The highest BCUT2D eigenvalue weighted by Gasteiger charge is 2.51. The first kappa shape index (κ1) is 23.6. The van der Waals surface area contributed by atoms with E-state index in [-0.39, 0.29) is 23.1 Å². The van der Waals surface area contributed by atoms with Crippen molar-refractivity contribution in [1.29, 1.82) is 0 Å². The first-order valence-electron chi connectivity index (χ1n) is 12.4. The third-order valence-corrected chi connectivity index (χ3v) is 7.69. The van der Waals surface area contributed by atoms with Crippen LogP contribution in [0.2, 0.25) is 0 Å². The monoisotopic (exact) mass is 455 g/mol. The third-order valence-electron chi connectivity index (χ3n) is 7.69. The standard InChI is InChI=1S/C26H37N3O4/c1-4-33-21-7-5-20(6-8-21)24(31)27-23(16(2)3)25(32)29-28-22(30)15-26-12-17-9-18(13-26)11-19(10-17)14-26/h5-8,16-19,23H,4,9-15H2,1-3H3,(H,27,31)(H,28,30)(H,29,32). The summed E-state index contributed by atoms with van der Waals surface area (Å²) < 4.78 is 5.40. The molecule has 1 aromatic rings. The van der Waals surface area contributed by atoms with Crippen LogP contribution in [0.5, 0.6) is 5.75 Å². The van der Waals surface area contributed by atoms with Gasteiger partial charge in [0.15, 0.2) is 0 Å². The van der Waals surface area contributed by atoms with Crippen molar-refractivity contribution in [2.75, 3.05) is 6.61 Å².